The number of benzene rings is 1. The fourth-order valence-corrected chi connectivity index (χ4v) is 2.39. The fourth-order valence-electron chi connectivity index (χ4n) is 2.24. The molecule has 0 spiro atoms. The molecule has 3 rings (SSSR count). The van der Waals surface area contributed by atoms with Crippen LogP contribution in [0.1, 0.15) is 12.2 Å². The van der Waals surface area contributed by atoms with E-state index in [4.69, 9.17) is 27.2 Å². The maximum Gasteiger partial charge on any atom is 0.304 e. The first-order valence-electron chi connectivity index (χ1n) is 7.87. The van der Waals surface area contributed by atoms with E-state index in [2.05, 4.69) is 20.4 Å². The number of nitrogens with zero attached hydrogens (tertiary/aromatic N) is 5. The lowest BCUT2D eigenvalue weighted by atomic mass is 10.1. The number of rotatable bonds is 7. The van der Waals surface area contributed by atoms with E-state index < -0.39 is 29.5 Å². The van der Waals surface area contributed by atoms with Gasteiger partial charge < -0.3 is 15.6 Å². The predicted molar refractivity (Wildman–Crippen MR) is 99.6 cm³/mol. The van der Waals surface area contributed by atoms with Crippen molar-refractivity contribution in [3.05, 3.63) is 52.9 Å². The normalized spacial score (nSPS) is 11.6. The average Bonchev–Trinajstić information content (AvgIpc) is 3.06. The van der Waals surface area contributed by atoms with E-state index in [0.29, 0.717) is 0 Å². The van der Waals surface area contributed by atoms with Gasteiger partial charge in [-0.2, -0.15) is 0 Å². The van der Waals surface area contributed by atoms with Gasteiger partial charge in [0.25, 0.3) is 5.88 Å². The number of carboxylic acid groups (broad SMARTS) is 1. The number of ether oxygens (including phenoxy) is 1. The molecular formula is C16H14Cl2F2N6O3. The summed E-state index contributed by atoms with van der Waals surface area (Å²) < 4.78 is 33.2. The number of hydrogen-bond donors (Lipinski definition) is 2. The van der Waals surface area contributed by atoms with E-state index in [1.54, 1.807) is 0 Å². The van der Waals surface area contributed by atoms with E-state index in [1.807, 2.05) is 0 Å². The van der Waals surface area contributed by atoms with Crippen molar-refractivity contribution in [2.24, 2.45) is 5.73 Å². The van der Waals surface area contributed by atoms with Crippen LogP contribution in [0.5, 0.6) is 11.6 Å². The summed E-state index contributed by atoms with van der Waals surface area (Å²) in [4.78, 5) is 15.3. The predicted octanol–water partition coefficient (Wildman–Crippen LogP) is 2.55. The van der Waals surface area contributed by atoms with E-state index >= 15 is 0 Å². The number of carboxylic acids is 1. The molecular weight excluding hydrogens is 433 g/mol. The summed E-state index contributed by atoms with van der Waals surface area (Å²) in [7, 11) is 0. The van der Waals surface area contributed by atoms with Crippen molar-refractivity contribution >= 4 is 30.0 Å². The Bertz CT molecular complexity index is 1020. The first-order valence-corrected chi connectivity index (χ1v) is 8.24. The molecule has 0 saturated carbocycles. The molecule has 0 aliphatic carbocycles. The molecule has 2 heterocycles. The summed E-state index contributed by atoms with van der Waals surface area (Å²) in [5, 5.41) is 20.4. The molecule has 2 aromatic heterocycles. The molecule has 0 saturated heterocycles. The average molecular weight is 447 g/mol. The third-order valence-electron chi connectivity index (χ3n) is 3.46. The Morgan fingerprint density at radius 3 is 2.72 bits per heavy atom. The molecule has 3 N–H and O–H groups in total. The highest BCUT2D eigenvalue weighted by atomic mass is 35.5. The first-order chi connectivity index (χ1) is 13.3. The molecule has 1 atom stereocenters. The van der Waals surface area contributed by atoms with Crippen molar-refractivity contribution in [3.63, 3.8) is 0 Å². The van der Waals surface area contributed by atoms with Crippen LogP contribution in [-0.2, 0) is 11.2 Å². The van der Waals surface area contributed by atoms with Gasteiger partial charge >= 0.3 is 5.97 Å². The van der Waals surface area contributed by atoms with Crippen molar-refractivity contribution in [2.75, 3.05) is 0 Å². The van der Waals surface area contributed by atoms with Gasteiger partial charge in [-0.25, -0.2) is 13.8 Å². The number of carbonyl (C=O) groups is 1. The topological polar surface area (TPSA) is 129 Å². The Kier molecular flexibility index (Phi) is 7.37. The zero-order valence-electron chi connectivity index (χ0n) is 14.5. The van der Waals surface area contributed by atoms with Crippen molar-refractivity contribution in [2.45, 2.75) is 18.9 Å². The third kappa shape index (κ3) is 5.79. The monoisotopic (exact) mass is 446 g/mol. The van der Waals surface area contributed by atoms with E-state index in [0.717, 1.165) is 16.9 Å². The second-order valence-electron chi connectivity index (χ2n) is 5.71. The van der Waals surface area contributed by atoms with Crippen LogP contribution in [0.25, 0.3) is 5.69 Å². The quantitative estimate of drug-likeness (QED) is 0.566. The highest BCUT2D eigenvalue weighted by molar-refractivity contribution is 6.30. The van der Waals surface area contributed by atoms with Crippen LogP contribution in [0.15, 0.2) is 30.5 Å². The lowest BCUT2D eigenvalue weighted by Gasteiger charge is -2.08. The molecule has 0 fully saturated rings. The molecule has 0 aliphatic heterocycles. The van der Waals surface area contributed by atoms with Gasteiger partial charge in [-0.15, -0.1) is 27.4 Å². The van der Waals surface area contributed by atoms with Crippen molar-refractivity contribution in [1.29, 1.82) is 0 Å². The highest BCUT2D eigenvalue weighted by Crippen LogP contribution is 2.27. The summed E-state index contributed by atoms with van der Waals surface area (Å²) in [5.41, 5.74) is 5.90. The van der Waals surface area contributed by atoms with Gasteiger partial charge in [-0.05, 0) is 23.4 Å². The van der Waals surface area contributed by atoms with E-state index in [-0.39, 0.29) is 47.5 Å². The minimum atomic E-state index is -1.04. The highest BCUT2D eigenvalue weighted by Gasteiger charge is 2.15. The number of aliphatic carboxylic acids is 1. The van der Waals surface area contributed by atoms with Crippen molar-refractivity contribution in [1.82, 2.24) is 25.2 Å². The second-order valence-corrected chi connectivity index (χ2v) is 6.15. The lowest BCUT2D eigenvalue weighted by molar-refractivity contribution is -0.137. The minimum absolute atomic E-state index is 0. The number of halogens is 4. The standard InChI is InChI=1S/C16H13ClF2N6O3.ClH/c17-8-3-12(19)16(21-7-8)28-13-2-1-10(6-11(13)18)25-23-14(22-24-25)4-9(20)5-15(26)27;/h1-3,6-7,9H,4-5,20H2,(H,26,27);1H/t9-;/m0./s1. The molecule has 154 valence electrons. The van der Waals surface area contributed by atoms with Crippen LogP contribution in [0.3, 0.4) is 0 Å². The molecule has 0 unspecified atom stereocenters. The Balaban J connectivity index is 0.00000300. The molecule has 0 amide bonds. The third-order valence-corrected chi connectivity index (χ3v) is 3.67. The summed E-state index contributed by atoms with van der Waals surface area (Å²) in [6.07, 6.45) is 1.02. The Morgan fingerprint density at radius 1 is 1.31 bits per heavy atom. The zero-order valence-corrected chi connectivity index (χ0v) is 16.1. The maximum absolute atomic E-state index is 14.3. The van der Waals surface area contributed by atoms with E-state index in [1.165, 1.54) is 18.3 Å². The van der Waals surface area contributed by atoms with Gasteiger partial charge in [0.2, 0.25) is 0 Å². The van der Waals surface area contributed by atoms with Gasteiger partial charge in [-0.1, -0.05) is 11.6 Å². The zero-order chi connectivity index (χ0) is 20.3. The molecule has 13 heteroatoms. The molecule has 0 bridgehead atoms. The number of aromatic nitrogens is 5. The molecule has 0 aliphatic rings. The first kappa shape index (κ1) is 22.4. The Morgan fingerprint density at radius 2 is 2.07 bits per heavy atom. The Labute approximate surface area is 173 Å². The van der Waals surface area contributed by atoms with Crippen molar-refractivity contribution < 1.29 is 23.4 Å². The van der Waals surface area contributed by atoms with Crippen LogP contribution < -0.4 is 10.5 Å². The summed E-state index contributed by atoms with van der Waals surface area (Å²) in [6.45, 7) is 0. The van der Waals surface area contributed by atoms with Crippen LogP contribution >= 0.6 is 24.0 Å². The lowest BCUT2D eigenvalue weighted by Crippen LogP contribution is -2.26. The largest absolute Gasteiger partial charge is 0.481 e. The molecule has 3 aromatic rings. The molecule has 9 nitrogen and oxygen atoms in total. The molecule has 1 aromatic carbocycles. The summed E-state index contributed by atoms with van der Waals surface area (Å²) >= 11 is 5.61. The summed E-state index contributed by atoms with van der Waals surface area (Å²) in [6, 6.07) is 4.05. The van der Waals surface area contributed by atoms with Crippen LogP contribution in [0, 0.1) is 11.6 Å². The number of pyridine rings is 1. The van der Waals surface area contributed by atoms with Crippen LogP contribution in [-0.4, -0.2) is 42.3 Å². The SMILES string of the molecule is Cl.N[C@H](CC(=O)O)Cc1nnn(-c2ccc(Oc3ncc(Cl)cc3F)c(F)c2)n1. The number of nitrogens with two attached hydrogens (primary N) is 1. The minimum Gasteiger partial charge on any atom is -0.481 e. The molecule has 29 heavy (non-hydrogen) atoms. The van der Waals surface area contributed by atoms with Gasteiger partial charge in [0.1, 0.15) is 0 Å². The number of hydrogen-bond acceptors (Lipinski definition) is 7. The number of tetrazole rings is 1. The van der Waals surface area contributed by atoms with Gasteiger partial charge in [0, 0.05) is 24.7 Å². The summed E-state index contributed by atoms with van der Waals surface area (Å²) in [5.74, 6) is -3.16. The van der Waals surface area contributed by atoms with Gasteiger partial charge in [-0.3, -0.25) is 4.79 Å². The van der Waals surface area contributed by atoms with Crippen LogP contribution in [0.4, 0.5) is 8.78 Å². The fraction of sp³-hybridized carbons (Fsp3) is 0.188. The smallest absolute Gasteiger partial charge is 0.304 e. The Hall–Kier alpha value is -2.89. The maximum atomic E-state index is 14.3. The van der Waals surface area contributed by atoms with E-state index in [9.17, 15) is 13.6 Å². The second kappa shape index (κ2) is 9.54. The molecule has 0 radical (unpaired) electrons. The van der Waals surface area contributed by atoms with Crippen molar-refractivity contribution in [3.8, 4) is 17.3 Å². The van der Waals surface area contributed by atoms with Gasteiger partial charge in [0.05, 0.1) is 17.1 Å². The van der Waals surface area contributed by atoms with Gasteiger partial charge in [0.15, 0.2) is 23.2 Å². The van der Waals surface area contributed by atoms with Crippen LogP contribution in [0.2, 0.25) is 5.02 Å².